The van der Waals surface area contributed by atoms with E-state index < -0.39 is 0 Å². The zero-order chi connectivity index (χ0) is 9.00. The summed E-state index contributed by atoms with van der Waals surface area (Å²) in [6, 6.07) is 6.03. The average Bonchev–Trinajstić information content (AvgIpc) is 2.86. The van der Waals surface area contributed by atoms with E-state index in [1.54, 1.807) is 0 Å². The monoisotopic (exact) mass is 237 g/mol. The van der Waals surface area contributed by atoms with Gasteiger partial charge >= 0.3 is 0 Å². The molecule has 1 aromatic carbocycles. The molecule has 0 bridgehead atoms. The molecule has 2 atom stereocenters. The van der Waals surface area contributed by atoms with E-state index in [2.05, 4.69) is 27.3 Å². The third kappa shape index (κ3) is 1.03. The highest BCUT2D eigenvalue weighted by atomic mass is 79.9. The van der Waals surface area contributed by atoms with Crippen molar-refractivity contribution in [3.05, 3.63) is 28.2 Å². The second-order valence-corrected chi connectivity index (χ2v) is 4.59. The van der Waals surface area contributed by atoms with Gasteiger partial charge < -0.3 is 5.32 Å². The van der Waals surface area contributed by atoms with Crippen molar-refractivity contribution in [1.29, 1.82) is 0 Å². The Morgan fingerprint density at radius 2 is 2.23 bits per heavy atom. The summed E-state index contributed by atoms with van der Waals surface area (Å²) in [5, 5.41) is 2.92. The second-order valence-electron chi connectivity index (χ2n) is 3.67. The van der Waals surface area contributed by atoms with E-state index in [9.17, 15) is 4.79 Å². The van der Waals surface area contributed by atoms with Crippen LogP contribution in [-0.2, 0) is 4.79 Å². The summed E-state index contributed by atoms with van der Waals surface area (Å²) in [7, 11) is 0. The molecule has 3 rings (SSSR count). The van der Waals surface area contributed by atoms with Gasteiger partial charge in [0.15, 0.2) is 0 Å². The second kappa shape index (κ2) is 2.35. The van der Waals surface area contributed by atoms with E-state index in [1.807, 2.05) is 12.1 Å². The van der Waals surface area contributed by atoms with Crippen molar-refractivity contribution >= 4 is 27.5 Å². The first-order chi connectivity index (χ1) is 6.25. The fourth-order valence-corrected chi connectivity index (χ4v) is 2.39. The molecule has 1 aliphatic heterocycles. The number of carbonyl (C=O) groups excluding carboxylic acids is 1. The van der Waals surface area contributed by atoms with Gasteiger partial charge in [-0.2, -0.15) is 0 Å². The third-order valence-corrected chi connectivity index (χ3v) is 3.29. The number of hydrogen-bond acceptors (Lipinski definition) is 1. The number of fused-ring (bicyclic) bond motifs is 3. The van der Waals surface area contributed by atoms with Crippen LogP contribution in [0.5, 0.6) is 0 Å². The molecular weight excluding hydrogens is 230 g/mol. The number of nitrogens with one attached hydrogen (secondary N) is 1. The maximum absolute atomic E-state index is 11.4. The van der Waals surface area contributed by atoms with Crippen LogP contribution in [0.1, 0.15) is 17.9 Å². The molecule has 0 spiro atoms. The smallest absolute Gasteiger partial charge is 0.228 e. The molecular formula is C10H8BrNO. The zero-order valence-electron chi connectivity index (χ0n) is 6.88. The van der Waals surface area contributed by atoms with Crippen LogP contribution in [0.15, 0.2) is 22.7 Å². The van der Waals surface area contributed by atoms with E-state index in [1.165, 1.54) is 5.56 Å². The number of hydrogen-bond donors (Lipinski definition) is 1. The van der Waals surface area contributed by atoms with Gasteiger partial charge in [0.2, 0.25) is 5.91 Å². The summed E-state index contributed by atoms with van der Waals surface area (Å²) in [6.07, 6.45) is 1.02. The van der Waals surface area contributed by atoms with Gasteiger partial charge in [0.1, 0.15) is 0 Å². The zero-order valence-corrected chi connectivity index (χ0v) is 8.47. The number of rotatable bonds is 0. The predicted octanol–water partition coefficient (Wildman–Crippen LogP) is 2.50. The Morgan fingerprint density at radius 1 is 1.38 bits per heavy atom. The van der Waals surface area contributed by atoms with Crippen LogP contribution in [0.2, 0.25) is 0 Å². The Hall–Kier alpha value is -0.830. The van der Waals surface area contributed by atoms with Crippen molar-refractivity contribution in [3.8, 4) is 0 Å². The summed E-state index contributed by atoms with van der Waals surface area (Å²) < 4.78 is 1.09. The van der Waals surface area contributed by atoms with Crippen molar-refractivity contribution < 1.29 is 4.79 Å². The maximum atomic E-state index is 11.4. The normalized spacial score (nSPS) is 28.8. The number of anilines is 1. The van der Waals surface area contributed by atoms with Crippen LogP contribution in [-0.4, -0.2) is 5.91 Å². The molecule has 1 aromatic rings. The molecule has 66 valence electrons. The number of carbonyl (C=O) groups is 1. The average molecular weight is 238 g/mol. The first-order valence-corrected chi connectivity index (χ1v) is 5.15. The van der Waals surface area contributed by atoms with Crippen LogP contribution in [0, 0.1) is 5.92 Å². The summed E-state index contributed by atoms with van der Waals surface area (Å²) in [5.74, 6) is 0.933. The van der Waals surface area contributed by atoms with Gasteiger partial charge in [0, 0.05) is 16.1 Å². The Bertz CT molecular complexity index is 402. The fourth-order valence-electron chi connectivity index (χ4n) is 2.01. The van der Waals surface area contributed by atoms with Crippen LogP contribution in [0.25, 0.3) is 0 Å². The maximum Gasteiger partial charge on any atom is 0.228 e. The summed E-state index contributed by atoms with van der Waals surface area (Å²) in [6.45, 7) is 0. The van der Waals surface area contributed by atoms with Crippen LogP contribution in [0.4, 0.5) is 5.69 Å². The van der Waals surface area contributed by atoms with Crippen LogP contribution in [0.3, 0.4) is 0 Å². The Labute approximate surface area is 84.5 Å². The highest BCUT2D eigenvalue weighted by Gasteiger charge is 2.48. The molecule has 0 aromatic heterocycles. The van der Waals surface area contributed by atoms with E-state index in [-0.39, 0.29) is 11.8 Å². The fraction of sp³-hybridized carbons (Fsp3) is 0.300. The van der Waals surface area contributed by atoms with Gasteiger partial charge in [-0.15, -0.1) is 0 Å². The lowest BCUT2D eigenvalue weighted by Gasteiger charge is -2.15. The molecule has 1 N–H and O–H groups in total. The van der Waals surface area contributed by atoms with E-state index in [0.29, 0.717) is 5.92 Å². The van der Waals surface area contributed by atoms with E-state index in [0.717, 1.165) is 16.6 Å². The molecule has 2 aliphatic rings. The lowest BCUT2D eigenvalue weighted by molar-refractivity contribution is -0.117. The minimum atomic E-state index is 0.194. The first-order valence-electron chi connectivity index (χ1n) is 4.36. The quantitative estimate of drug-likeness (QED) is 0.739. The molecule has 1 fully saturated rings. The van der Waals surface area contributed by atoms with E-state index >= 15 is 0 Å². The standard InChI is InChI=1S/C10H8BrNO/c11-5-1-2-9-7(3-5)6-4-8(6)10(13)12-9/h1-3,6,8H,4H2,(H,12,13)/t6-,8-/m1/s1. The largest absolute Gasteiger partial charge is 0.326 e. The summed E-state index contributed by atoms with van der Waals surface area (Å²) in [4.78, 5) is 11.4. The molecule has 0 unspecified atom stereocenters. The predicted molar refractivity (Wildman–Crippen MR) is 53.6 cm³/mol. The van der Waals surface area contributed by atoms with Crippen molar-refractivity contribution in [3.63, 3.8) is 0 Å². The van der Waals surface area contributed by atoms with Crippen molar-refractivity contribution in [2.24, 2.45) is 5.92 Å². The lowest BCUT2D eigenvalue weighted by Crippen LogP contribution is -2.19. The number of halogens is 1. The van der Waals surface area contributed by atoms with Gasteiger partial charge in [-0.25, -0.2) is 0 Å². The number of amides is 1. The Kier molecular flexibility index (Phi) is 1.37. The molecule has 3 heteroatoms. The minimum absolute atomic E-state index is 0.194. The lowest BCUT2D eigenvalue weighted by atomic mass is 10.0. The van der Waals surface area contributed by atoms with Gasteiger partial charge in [-0.1, -0.05) is 15.9 Å². The van der Waals surface area contributed by atoms with E-state index in [4.69, 9.17) is 0 Å². The van der Waals surface area contributed by atoms with Gasteiger partial charge in [-0.3, -0.25) is 4.79 Å². The molecule has 1 aliphatic carbocycles. The van der Waals surface area contributed by atoms with Gasteiger partial charge in [0.25, 0.3) is 0 Å². The third-order valence-electron chi connectivity index (χ3n) is 2.80. The summed E-state index contributed by atoms with van der Waals surface area (Å²) >= 11 is 3.44. The highest BCUT2D eigenvalue weighted by molar-refractivity contribution is 9.10. The highest BCUT2D eigenvalue weighted by Crippen LogP contribution is 2.53. The van der Waals surface area contributed by atoms with Crippen LogP contribution >= 0.6 is 15.9 Å². The van der Waals surface area contributed by atoms with Crippen molar-refractivity contribution in [1.82, 2.24) is 0 Å². The molecule has 0 radical (unpaired) electrons. The van der Waals surface area contributed by atoms with Gasteiger partial charge in [-0.05, 0) is 36.1 Å². The Balaban J connectivity index is 2.15. The molecule has 1 saturated carbocycles. The number of benzene rings is 1. The molecule has 2 nitrogen and oxygen atoms in total. The summed E-state index contributed by atoms with van der Waals surface area (Å²) in [5.41, 5.74) is 2.28. The first kappa shape index (κ1) is 7.56. The topological polar surface area (TPSA) is 29.1 Å². The molecule has 13 heavy (non-hydrogen) atoms. The van der Waals surface area contributed by atoms with Gasteiger partial charge in [0.05, 0.1) is 0 Å². The minimum Gasteiger partial charge on any atom is -0.326 e. The SMILES string of the molecule is O=C1Nc2ccc(Br)cc2[C@H]2C[C@@H]12. The molecule has 1 heterocycles. The van der Waals surface area contributed by atoms with Crippen molar-refractivity contribution in [2.75, 3.05) is 5.32 Å². The molecule has 0 saturated heterocycles. The van der Waals surface area contributed by atoms with Crippen molar-refractivity contribution in [2.45, 2.75) is 12.3 Å². The Morgan fingerprint density at radius 3 is 3.08 bits per heavy atom. The molecule has 1 amide bonds. The van der Waals surface area contributed by atoms with Crippen LogP contribution < -0.4 is 5.32 Å².